The highest BCUT2D eigenvalue weighted by molar-refractivity contribution is 5.82. The number of amides is 1. The van der Waals surface area contributed by atoms with Crippen LogP contribution in [0, 0.1) is 5.92 Å². The molecule has 2 fully saturated rings. The monoisotopic (exact) mass is 418 g/mol. The number of nitrogens with zero attached hydrogens (tertiary/aromatic N) is 1. The molecule has 2 aliphatic rings. The van der Waals surface area contributed by atoms with Crippen LogP contribution in [0.5, 0.6) is 0 Å². The molecule has 0 spiro atoms. The molecule has 1 aliphatic heterocycles. The maximum Gasteiger partial charge on any atom is 0.416 e. The Labute approximate surface area is 174 Å². The van der Waals surface area contributed by atoms with Crippen molar-refractivity contribution in [3.05, 3.63) is 71.3 Å². The minimum atomic E-state index is -4.34. The number of nitrogens with one attached hydrogen (secondary N) is 1. The van der Waals surface area contributed by atoms with E-state index in [9.17, 15) is 18.0 Å². The number of alkyl halides is 3. The lowest BCUT2D eigenvalue weighted by molar-refractivity contribution is -0.137. The Morgan fingerprint density at radius 3 is 2.53 bits per heavy atom. The van der Waals surface area contributed by atoms with Gasteiger partial charge in [-0.15, -0.1) is 0 Å². The predicted octanol–water partition coefficient (Wildman–Crippen LogP) is 3.83. The van der Waals surface area contributed by atoms with E-state index < -0.39 is 11.7 Å². The van der Waals surface area contributed by atoms with E-state index in [2.05, 4.69) is 22.3 Å². The third-order valence-electron chi connectivity index (χ3n) is 5.77. The third kappa shape index (κ3) is 5.21. The molecule has 4 nitrogen and oxygen atoms in total. The summed E-state index contributed by atoms with van der Waals surface area (Å²) < 4.78 is 43.9. The molecule has 7 heteroatoms. The van der Waals surface area contributed by atoms with Crippen LogP contribution >= 0.6 is 0 Å². The lowest BCUT2D eigenvalue weighted by Gasteiger charge is -2.33. The van der Waals surface area contributed by atoms with Crippen molar-refractivity contribution in [3.8, 4) is 0 Å². The maximum absolute atomic E-state index is 12.7. The van der Waals surface area contributed by atoms with Crippen LogP contribution in [0.2, 0.25) is 0 Å². The molecule has 0 bridgehead atoms. The van der Waals surface area contributed by atoms with E-state index in [1.54, 1.807) is 0 Å². The van der Waals surface area contributed by atoms with Gasteiger partial charge >= 0.3 is 6.18 Å². The Morgan fingerprint density at radius 1 is 1.10 bits per heavy atom. The van der Waals surface area contributed by atoms with E-state index in [0.717, 1.165) is 37.3 Å². The maximum atomic E-state index is 12.7. The van der Waals surface area contributed by atoms with Crippen molar-refractivity contribution in [3.63, 3.8) is 0 Å². The standard InChI is InChI=1S/C23H25F3N2O2/c24-23(25,26)18-8-6-17(7-9-18)20-12-21(20)22(29)27-13-19-15-28(10-11-30-19)14-16-4-2-1-3-5-16/h1-9,19-21H,10-15H2,(H,27,29). The second-order valence-corrected chi connectivity index (χ2v) is 8.03. The van der Waals surface area contributed by atoms with Crippen LogP contribution in [0.15, 0.2) is 54.6 Å². The number of carbonyl (C=O) groups is 1. The highest BCUT2D eigenvalue weighted by atomic mass is 19.4. The Morgan fingerprint density at radius 2 is 1.83 bits per heavy atom. The van der Waals surface area contributed by atoms with Crippen molar-refractivity contribution < 1.29 is 22.7 Å². The summed E-state index contributed by atoms with van der Waals surface area (Å²) in [6, 6.07) is 15.4. The van der Waals surface area contributed by atoms with Crippen molar-refractivity contribution in [2.75, 3.05) is 26.2 Å². The van der Waals surface area contributed by atoms with Crippen molar-refractivity contribution in [2.45, 2.75) is 31.2 Å². The number of carbonyl (C=O) groups excluding carboxylic acids is 1. The first-order valence-electron chi connectivity index (χ1n) is 10.2. The van der Waals surface area contributed by atoms with Gasteiger partial charge in [0, 0.05) is 32.1 Å². The first-order valence-corrected chi connectivity index (χ1v) is 10.2. The number of hydrogen-bond acceptors (Lipinski definition) is 3. The number of rotatable bonds is 6. The van der Waals surface area contributed by atoms with Crippen LogP contribution in [0.1, 0.15) is 29.0 Å². The van der Waals surface area contributed by atoms with Crippen LogP contribution in [0.3, 0.4) is 0 Å². The molecule has 160 valence electrons. The normalized spacial score (nSPS) is 24.4. The first kappa shape index (κ1) is 20.9. The number of benzene rings is 2. The quantitative estimate of drug-likeness (QED) is 0.776. The van der Waals surface area contributed by atoms with E-state index in [0.29, 0.717) is 19.6 Å². The second kappa shape index (κ2) is 8.78. The van der Waals surface area contributed by atoms with Crippen molar-refractivity contribution in [1.82, 2.24) is 10.2 Å². The highest BCUT2D eigenvalue weighted by Gasteiger charge is 2.44. The average molecular weight is 418 g/mol. The molecule has 1 heterocycles. The molecule has 1 saturated carbocycles. The summed E-state index contributed by atoms with van der Waals surface area (Å²) in [7, 11) is 0. The van der Waals surface area contributed by atoms with Gasteiger partial charge < -0.3 is 10.1 Å². The largest absolute Gasteiger partial charge is 0.416 e. The van der Waals surface area contributed by atoms with E-state index in [-0.39, 0.29) is 23.8 Å². The molecule has 1 aliphatic carbocycles. The summed E-state index contributed by atoms with van der Waals surface area (Å²) in [5, 5.41) is 2.96. The SMILES string of the molecule is O=C(NCC1CN(Cc2ccccc2)CCO1)C1CC1c1ccc(C(F)(F)F)cc1. The molecule has 2 aromatic rings. The summed E-state index contributed by atoms with van der Waals surface area (Å²) >= 11 is 0. The van der Waals surface area contributed by atoms with Gasteiger partial charge in [-0.05, 0) is 35.6 Å². The number of hydrogen-bond donors (Lipinski definition) is 1. The third-order valence-corrected chi connectivity index (χ3v) is 5.77. The molecule has 1 saturated heterocycles. The Balaban J connectivity index is 1.23. The van der Waals surface area contributed by atoms with Crippen LogP contribution in [-0.4, -0.2) is 43.2 Å². The van der Waals surface area contributed by atoms with Crippen molar-refractivity contribution >= 4 is 5.91 Å². The summed E-state index contributed by atoms with van der Waals surface area (Å²) in [6.07, 6.45) is -3.73. The van der Waals surface area contributed by atoms with E-state index in [1.807, 2.05) is 18.2 Å². The highest BCUT2D eigenvalue weighted by Crippen LogP contribution is 2.48. The number of morpholine rings is 1. The molecule has 0 radical (unpaired) electrons. The Bertz CT molecular complexity index is 855. The summed E-state index contributed by atoms with van der Waals surface area (Å²) in [5.74, 6) is -0.233. The zero-order valence-electron chi connectivity index (χ0n) is 16.6. The second-order valence-electron chi connectivity index (χ2n) is 8.03. The van der Waals surface area contributed by atoms with Crippen LogP contribution < -0.4 is 5.32 Å². The first-order chi connectivity index (χ1) is 14.4. The van der Waals surface area contributed by atoms with Gasteiger partial charge in [0.2, 0.25) is 5.91 Å². The van der Waals surface area contributed by atoms with Gasteiger partial charge in [-0.2, -0.15) is 13.2 Å². The van der Waals surface area contributed by atoms with Gasteiger partial charge in [0.05, 0.1) is 18.3 Å². The number of ether oxygens (including phenoxy) is 1. The zero-order valence-corrected chi connectivity index (χ0v) is 16.6. The lowest BCUT2D eigenvalue weighted by Crippen LogP contribution is -2.47. The smallest absolute Gasteiger partial charge is 0.374 e. The zero-order chi connectivity index (χ0) is 21.1. The molecule has 3 unspecified atom stereocenters. The molecular weight excluding hydrogens is 393 g/mol. The minimum absolute atomic E-state index is 0.00543. The van der Waals surface area contributed by atoms with Crippen molar-refractivity contribution in [2.24, 2.45) is 5.92 Å². The van der Waals surface area contributed by atoms with Gasteiger partial charge in [0.25, 0.3) is 0 Å². The van der Waals surface area contributed by atoms with Gasteiger partial charge in [0.1, 0.15) is 0 Å². The van der Waals surface area contributed by atoms with Crippen molar-refractivity contribution in [1.29, 1.82) is 0 Å². The minimum Gasteiger partial charge on any atom is -0.374 e. The molecule has 30 heavy (non-hydrogen) atoms. The van der Waals surface area contributed by atoms with Crippen LogP contribution in [0.25, 0.3) is 0 Å². The topological polar surface area (TPSA) is 41.6 Å². The molecule has 2 aromatic carbocycles. The fraction of sp³-hybridized carbons (Fsp3) is 0.435. The van der Waals surface area contributed by atoms with Crippen LogP contribution in [0.4, 0.5) is 13.2 Å². The van der Waals surface area contributed by atoms with E-state index in [1.165, 1.54) is 17.7 Å². The molecule has 0 aromatic heterocycles. The Hall–Kier alpha value is -2.38. The van der Waals surface area contributed by atoms with Gasteiger partial charge in [-0.3, -0.25) is 9.69 Å². The van der Waals surface area contributed by atoms with Gasteiger partial charge in [0.15, 0.2) is 0 Å². The molecular formula is C23H25F3N2O2. The predicted molar refractivity (Wildman–Crippen MR) is 107 cm³/mol. The molecule has 1 N–H and O–H groups in total. The van der Waals surface area contributed by atoms with Crippen LogP contribution in [-0.2, 0) is 22.3 Å². The summed E-state index contributed by atoms with van der Waals surface area (Å²) in [6.45, 7) is 3.54. The van der Waals surface area contributed by atoms with E-state index >= 15 is 0 Å². The fourth-order valence-corrected chi connectivity index (χ4v) is 4.01. The molecule has 1 amide bonds. The molecule has 4 rings (SSSR count). The summed E-state index contributed by atoms with van der Waals surface area (Å²) in [4.78, 5) is 14.8. The fourth-order valence-electron chi connectivity index (χ4n) is 4.01. The number of halogens is 3. The Kier molecular flexibility index (Phi) is 6.11. The van der Waals surface area contributed by atoms with Gasteiger partial charge in [-0.25, -0.2) is 0 Å². The average Bonchev–Trinajstić information content (AvgIpc) is 3.54. The van der Waals surface area contributed by atoms with E-state index in [4.69, 9.17) is 4.74 Å². The van der Waals surface area contributed by atoms with Gasteiger partial charge in [-0.1, -0.05) is 42.5 Å². The molecule has 3 atom stereocenters. The lowest BCUT2D eigenvalue weighted by atomic mass is 10.1. The summed E-state index contributed by atoms with van der Waals surface area (Å²) in [5.41, 5.74) is 1.37.